The molecule has 0 spiro atoms. The third kappa shape index (κ3) is 1.70. The molecule has 7 heteroatoms. The highest BCUT2D eigenvalue weighted by Gasteiger charge is 2.29. The Morgan fingerprint density at radius 3 is 2.40 bits per heavy atom. The summed E-state index contributed by atoms with van der Waals surface area (Å²) in [5.41, 5.74) is 0. The number of fused-ring (bicyclic) bond motifs is 2. The van der Waals surface area contributed by atoms with E-state index in [0.29, 0.717) is 42.8 Å². The third-order valence-corrected chi connectivity index (χ3v) is 5.22. The van der Waals surface area contributed by atoms with Crippen LogP contribution in [0, 0.1) is 0 Å². The average molecular weight is 310 g/mol. The molecule has 0 fully saturated rings. The van der Waals surface area contributed by atoms with Crippen molar-refractivity contribution in [2.24, 2.45) is 0 Å². The summed E-state index contributed by atoms with van der Waals surface area (Å²) in [6.45, 7) is 2.04. The zero-order valence-electron chi connectivity index (χ0n) is 10.3. The summed E-state index contributed by atoms with van der Waals surface area (Å²) in [4.78, 5) is 13.5. The molecule has 0 saturated carbocycles. The van der Waals surface area contributed by atoms with Crippen LogP contribution in [-0.4, -0.2) is 32.7 Å². The lowest BCUT2D eigenvalue weighted by molar-refractivity contribution is 0.111. The molecule has 0 atom stereocenters. The third-order valence-electron chi connectivity index (χ3n) is 3.04. The van der Waals surface area contributed by atoms with E-state index in [1.54, 1.807) is 0 Å². The molecule has 4 rings (SSSR count). The first-order chi connectivity index (χ1) is 9.88. The lowest BCUT2D eigenvalue weighted by Crippen LogP contribution is -2.15. The Morgan fingerprint density at radius 1 is 0.900 bits per heavy atom. The fourth-order valence-corrected chi connectivity index (χ4v) is 4.30. The molecule has 2 aromatic rings. The standard InChI is InChI=1S/C13H10O5S2/c14-5-8-10-11(18-4-3-17-10)13(20-8)12-9-7(6-19-12)15-1-2-16-9/h5-6H,1-4H2. The van der Waals surface area contributed by atoms with E-state index in [1.807, 2.05) is 5.38 Å². The van der Waals surface area contributed by atoms with Gasteiger partial charge in [-0.05, 0) is 0 Å². The van der Waals surface area contributed by atoms with Crippen molar-refractivity contribution >= 4 is 29.0 Å². The zero-order valence-corrected chi connectivity index (χ0v) is 12.0. The van der Waals surface area contributed by atoms with Gasteiger partial charge in [-0.25, -0.2) is 0 Å². The number of carbonyl (C=O) groups excluding carboxylic acids is 1. The summed E-state index contributed by atoms with van der Waals surface area (Å²) in [6.07, 6.45) is 0.805. The van der Waals surface area contributed by atoms with E-state index >= 15 is 0 Å². The fourth-order valence-electron chi connectivity index (χ4n) is 2.22. The van der Waals surface area contributed by atoms with Crippen LogP contribution in [0.3, 0.4) is 0 Å². The first-order valence-corrected chi connectivity index (χ1v) is 7.83. The molecule has 0 N–H and O–H groups in total. The quantitative estimate of drug-likeness (QED) is 0.798. The van der Waals surface area contributed by atoms with E-state index in [4.69, 9.17) is 18.9 Å². The van der Waals surface area contributed by atoms with Gasteiger partial charge in [0.1, 0.15) is 31.3 Å². The van der Waals surface area contributed by atoms with Gasteiger partial charge in [0.25, 0.3) is 0 Å². The molecule has 0 saturated heterocycles. The molecular formula is C13H10O5S2. The van der Waals surface area contributed by atoms with Gasteiger partial charge in [-0.1, -0.05) is 0 Å². The minimum atomic E-state index is 0.464. The van der Waals surface area contributed by atoms with E-state index < -0.39 is 0 Å². The normalized spacial score (nSPS) is 16.0. The Labute approximate surface area is 122 Å². The highest BCUT2D eigenvalue weighted by molar-refractivity contribution is 7.23. The molecule has 2 aliphatic heterocycles. The lowest BCUT2D eigenvalue weighted by Gasteiger charge is -2.18. The van der Waals surface area contributed by atoms with Crippen LogP contribution in [0.5, 0.6) is 23.0 Å². The smallest absolute Gasteiger partial charge is 0.183 e. The maximum Gasteiger partial charge on any atom is 0.183 e. The second kappa shape index (κ2) is 4.68. The molecule has 5 nitrogen and oxygen atoms in total. The van der Waals surface area contributed by atoms with Gasteiger partial charge in [0.2, 0.25) is 0 Å². The number of rotatable bonds is 2. The SMILES string of the molecule is O=Cc1sc(-c2scc3c2OCCO3)c2c1OCCO2. The van der Waals surface area contributed by atoms with Crippen LogP contribution in [0.25, 0.3) is 9.75 Å². The number of hydrogen-bond donors (Lipinski definition) is 0. The zero-order chi connectivity index (χ0) is 13.5. The molecule has 0 unspecified atom stereocenters. The Hall–Kier alpha value is -1.73. The van der Waals surface area contributed by atoms with Gasteiger partial charge in [-0.2, -0.15) is 0 Å². The van der Waals surface area contributed by atoms with Gasteiger partial charge < -0.3 is 18.9 Å². The van der Waals surface area contributed by atoms with Gasteiger partial charge in [0.05, 0.1) is 9.75 Å². The molecule has 2 aliphatic rings. The Morgan fingerprint density at radius 2 is 1.60 bits per heavy atom. The van der Waals surface area contributed by atoms with Gasteiger partial charge in [-0.3, -0.25) is 4.79 Å². The highest BCUT2D eigenvalue weighted by atomic mass is 32.1. The summed E-state index contributed by atoms with van der Waals surface area (Å²) in [5, 5.41) is 1.92. The van der Waals surface area contributed by atoms with Crippen LogP contribution in [0.1, 0.15) is 9.67 Å². The predicted molar refractivity (Wildman–Crippen MR) is 75.0 cm³/mol. The Kier molecular flexibility index (Phi) is 2.82. The maximum absolute atomic E-state index is 11.2. The van der Waals surface area contributed by atoms with Gasteiger partial charge in [-0.15, -0.1) is 22.7 Å². The van der Waals surface area contributed by atoms with E-state index in [2.05, 4.69) is 0 Å². The topological polar surface area (TPSA) is 54.0 Å². The number of ether oxygens (including phenoxy) is 4. The van der Waals surface area contributed by atoms with Crippen molar-refractivity contribution in [3.63, 3.8) is 0 Å². The van der Waals surface area contributed by atoms with Crippen molar-refractivity contribution in [1.29, 1.82) is 0 Å². The number of carbonyl (C=O) groups is 1. The van der Waals surface area contributed by atoms with Crippen LogP contribution in [0.2, 0.25) is 0 Å². The fraction of sp³-hybridized carbons (Fsp3) is 0.308. The van der Waals surface area contributed by atoms with Crippen LogP contribution < -0.4 is 18.9 Å². The maximum atomic E-state index is 11.2. The molecular weight excluding hydrogens is 300 g/mol. The molecule has 0 aliphatic carbocycles. The summed E-state index contributed by atoms with van der Waals surface area (Å²) in [7, 11) is 0. The molecule has 0 amide bonds. The monoisotopic (exact) mass is 310 g/mol. The highest BCUT2D eigenvalue weighted by Crippen LogP contribution is 2.55. The van der Waals surface area contributed by atoms with Gasteiger partial charge >= 0.3 is 0 Å². The first kappa shape index (κ1) is 12.0. The molecule has 2 aromatic heterocycles. The van der Waals surface area contributed by atoms with Crippen molar-refractivity contribution in [3.05, 3.63) is 10.3 Å². The van der Waals surface area contributed by atoms with Gasteiger partial charge in [0, 0.05) is 5.38 Å². The van der Waals surface area contributed by atoms with Crippen molar-refractivity contribution in [2.45, 2.75) is 0 Å². The second-order valence-corrected chi connectivity index (χ2v) is 6.16. The number of aldehydes is 1. The lowest BCUT2D eigenvalue weighted by atomic mass is 10.3. The van der Waals surface area contributed by atoms with Crippen molar-refractivity contribution in [1.82, 2.24) is 0 Å². The van der Waals surface area contributed by atoms with Crippen LogP contribution in [0.4, 0.5) is 0 Å². The Balaban J connectivity index is 1.88. The second-order valence-electron chi connectivity index (χ2n) is 4.22. The Bertz CT molecular complexity index is 673. The first-order valence-electron chi connectivity index (χ1n) is 6.13. The minimum Gasteiger partial charge on any atom is -0.485 e. The molecule has 0 radical (unpaired) electrons. The largest absolute Gasteiger partial charge is 0.485 e. The van der Waals surface area contributed by atoms with Crippen molar-refractivity contribution in [2.75, 3.05) is 26.4 Å². The molecule has 20 heavy (non-hydrogen) atoms. The number of hydrogen-bond acceptors (Lipinski definition) is 7. The minimum absolute atomic E-state index is 0.464. The van der Waals surface area contributed by atoms with E-state index in [1.165, 1.54) is 22.7 Å². The van der Waals surface area contributed by atoms with Gasteiger partial charge in [0.15, 0.2) is 29.3 Å². The molecule has 0 bridgehead atoms. The summed E-state index contributed by atoms with van der Waals surface area (Å²) >= 11 is 2.89. The van der Waals surface area contributed by atoms with E-state index in [0.717, 1.165) is 27.5 Å². The van der Waals surface area contributed by atoms with Crippen molar-refractivity contribution < 1.29 is 23.7 Å². The van der Waals surface area contributed by atoms with E-state index in [-0.39, 0.29) is 0 Å². The van der Waals surface area contributed by atoms with Crippen LogP contribution in [0.15, 0.2) is 5.38 Å². The molecule has 0 aromatic carbocycles. The summed E-state index contributed by atoms with van der Waals surface area (Å²) < 4.78 is 22.5. The predicted octanol–water partition coefficient (Wildman–Crippen LogP) is 2.83. The molecule has 104 valence electrons. The van der Waals surface area contributed by atoms with E-state index in [9.17, 15) is 4.79 Å². The van der Waals surface area contributed by atoms with Crippen LogP contribution in [-0.2, 0) is 0 Å². The summed E-state index contributed by atoms with van der Waals surface area (Å²) in [5.74, 6) is 2.67. The van der Waals surface area contributed by atoms with Crippen LogP contribution >= 0.6 is 22.7 Å². The van der Waals surface area contributed by atoms with Crippen molar-refractivity contribution in [3.8, 4) is 32.8 Å². The average Bonchev–Trinajstić information content (AvgIpc) is 3.08. The molecule has 4 heterocycles. The summed E-state index contributed by atoms with van der Waals surface area (Å²) in [6, 6.07) is 0. The number of thiophene rings is 2.